The Morgan fingerprint density at radius 1 is 0.872 bits per heavy atom. The maximum atomic E-state index is 13.7. The van der Waals surface area contributed by atoms with Crippen LogP contribution < -0.4 is 15.0 Å². The van der Waals surface area contributed by atoms with Crippen molar-refractivity contribution in [1.82, 2.24) is 9.55 Å². The van der Waals surface area contributed by atoms with Gasteiger partial charge in [-0.1, -0.05) is 35.9 Å². The summed E-state index contributed by atoms with van der Waals surface area (Å²) in [5.74, 6) is 0.614. The quantitative estimate of drug-likeness (QED) is 0.289. The SMILES string of the molecule is COc1cc2nc(Cc3ccc(Cl)cc3)n(-c3ccc(C(O)(C(F)(F)F)C(F)(F)F)cc3)c(=O)c2cc1OC. The van der Waals surface area contributed by atoms with Gasteiger partial charge in [-0.25, -0.2) is 4.98 Å². The smallest absolute Gasteiger partial charge is 0.430 e. The Morgan fingerprint density at radius 3 is 1.92 bits per heavy atom. The number of benzene rings is 3. The molecule has 6 nitrogen and oxygen atoms in total. The zero-order valence-electron chi connectivity index (χ0n) is 20.2. The average Bonchev–Trinajstić information content (AvgIpc) is 2.88. The minimum atomic E-state index is -6.05. The first kappa shape index (κ1) is 28.2. The number of nitrogens with zero attached hydrogens (tertiary/aromatic N) is 2. The molecule has 0 aliphatic carbocycles. The summed E-state index contributed by atoms with van der Waals surface area (Å²) in [5, 5.41) is 10.2. The van der Waals surface area contributed by atoms with Gasteiger partial charge in [0.15, 0.2) is 11.5 Å². The highest BCUT2D eigenvalue weighted by Crippen LogP contribution is 2.50. The van der Waals surface area contributed by atoms with Gasteiger partial charge in [0.05, 0.1) is 30.8 Å². The molecular formula is C26H19ClF6N2O4. The summed E-state index contributed by atoms with van der Waals surface area (Å²) in [7, 11) is 2.75. The molecule has 1 aromatic heterocycles. The summed E-state index contributed by atoms with van der Waals surface area (Å²) in [6.45, 7) is 0. The maximum absolute atomic E-state index is 13.7. The molecule has 0 bridgehead atoms. The largest absolute Gasteiger partial charge is 0.493 e. The fourth-order valence-electron chi connectivity index (χ4n) is 4.07. The van der Waals surface area contributed by atoms with Crippen LogP contribution in [0.5, 0.6) is 11.5 Å². The molecule has 0 unspecified atom stereocenters. The van der Waals surface area contributed by atoms with Crippen molar-refractivity contribution < 1.29 is 40.9 Å². The molecule has 0 radical (unpaired) electrons. The second-order valence-electron chi connectivity index (χ2n) is 8.45. The molecule has 3 aromatic carbocycles. The Labute approximate surface area is 222 Å². The number of hydrogen-bond donors (Lipinski definition) is 1. The molecule has 1 heterocycles. The van der Waals surface area contributed by atoms with E-state index in [1.54, 1.807) is 24.3 Å². The van der Waals surface area contributed by atoms with Crippen molar-refractivity contribution in [2.45, 2.75) is 24.4 Å². The van der Waals surface area contributed by atoms with Gasteiger partial charge in [-0.15, -0.1) is 0 Å². The molecule has 4 rings (SSSR count). The molecule has 0 amide bonds. The van der Waals surface area contributed by atoms with Crippen molar-refractivity contribution >= 4 is 22.5 Å². The third-order valence-electron chi connectivity index (χ3n) is 6.08. The monoisotopic (exact) mass is 572 g/mol. The number of alkyl halides is 6. The predicted octanol–water partition coefficient (Wildman–Crippen LogP) is 5.96. The van der Waals surface area contributed by atoms with Crippen molar-refractivity contribution in [1.29, 1.82) is 0 Å². The lowest BCUT2D eigenvalue weighted by Gasteiger charge is -2.32. The van der Waals surface area contributed by atoms with E-state index in [0.717, 1.165) is 16.7 Å². The lowest BCUT2D eigenvalue weighted by atomic mass is 9.92. The molecule has 0 aliphatic heterocycles. The first-order chi connectivity index (χ1) is 18.2. The molecule has 4 aromatic rings. The Hall–Kier alpha value is -3.77. The van der Waals surface area contributed by atoms with Gasteiger partial charge in [-0.05, 0) is 35.9 Å². The third kappa shape index (κ3) is 5.01. The molecule has 39 heavy (non-hydrogen) atoms. The molecule has 0 fully saturated rings. The van der Waals surface area contributed by atoms with E-state index in [1.807, 2.05) is 0 Å². The first-order valence-corrected chi connectivity index (χ1v) is 11.5. The summed E-state index contributed by atoms with van der Waals surface area (Å²) in [6, 6.07) is 12.1. The minimum absolute atomic E-state index is 0.0491. The van der Waals surface area contributed by atoms with Crippen LogP contribution in [0.3, 0.4) is 0 Å². The third-order valence-corrected chi connectivity index (χ3v) is 6.33. The lowest BCUT2D eigenvalue weighted by Crippen LogP contribution is -2.53. The number of fused-ring (bicyclic) bond motifs is 1. The van der Waals surface area contributed by atoms with E-state index in [0.29, 0.717) is 22.7 Å². The van der Waals surface area contributed by atoms with Gasteiger partial charge in [-0.2, -0.15) is 26.3 Å². The van der Waals surface area contributed by atoms with Crippen LogP contribution in [0, 0.1) is 0 Å². The highest BCUT2D eigenvalue weighted by Gasteiger charge is 2.71. The normalized spacial score (nSPS) is 12.6. The van der Waals surface area contributed by atoms with Crippen LogP contribution in [0.2, 0.25) is 5.02 Å². The fraction of sp³-hybridized carbons (Fsp3) is 0.231. The van der Waals surface area contributed by atoms with Crippen molar-refractivity contribution in [3.05, 3.63) is 93.0 Å². The van der Waals surface area contributed by atoms with Crippen molar-refractivity contribution in [2.75, 3.05) is 14.2 Å². The Bertz CT molecular complexity index is 1550. The van der Waals surface area contributed by atoms with Crippen LogP contribution in [-0.4, -0.2) is 41.2 Å². The number of halogens is 7. The molecule has 1 N–H and O–H groups in total. The van der Waals surface area contributed by atoms with Crippen LogP contribution in [0.1, 0.15) is 17.0 Å². The molecule has 0 aliphatic rings. The summed E-state index contributed by atoms with van der Waals surface area (Å²) >= 11 is 5.95. The van der Waals surface area contributed by atoms with E-state index in [1.165, 1.54) is 26.4 Å². The molecule has 0 spiro atoms. The van der Waals surface area contributed by atoms with Crippen LogP contribution in [0.15, 0.2) is 65.5 Å². The number of rotatable bonds is 6. The van der Waals surface area contributed by atoms with Gasteiger partial charge >= 0.3 is 12.4 Å². The van der Waals surface area contributed by atoms with Gasteiger partial charge in [0.2, 0.25) is 0 Å². The van der Waals surface area contributed by atoms with Crippen molar-refractivity contribution in [3.8, 4) is 17.2 Å². The van der Waals surface area contributed by atoms with Crippen LogP contribution in [-0.2, 0) is 12.0 Å². The van der Waals surface area contributed by atoms with Gasteiger partial charge in [0.25, 0.3) is 11.2 Å². The molecule has 0 atom stereocenters. The van der Waals surface area contributed by atoms with E-state index in [2.05, 4.69) is 4.98 Å². The van der Waals surface area contributed by atoms with E-state index >= 15 is 0 Å². The summed E-state index contributed by atoms with van der Waals surface area (Å²) in [5.41, 5.74) is -6.43. The Balaban J connectivity index is 1.95. The first-order valence-electron chi connectivity index (χ1n) is 11.1. The van der Waals surface area contributed by atoms with Crippen LogP contribution >= 0.6 is 11.6 Å². The summed E-state index contributed by atoms with van der Waals surface area (Å²) in [4.78, 5) is 18.2. The number of ether oxygens (including phenoxy) is 2. The van der Waals surface area contributed by atoms with Crippen LogP contribution in [0.25, 0.3) is 16.6 Å². The minimum Gasteiger partial charge on any atom is -0.493 e. The second-order valence-corrected chi connectivity index (χ2v) is 8.89. The molecule has 0 saturated heterocycles. The lowest BCUT2D eigenvalue weighted by molar-refractivity contribution is -0.376. The second kappa shape index (κ2) is 10.1. The zero-order valence-corrected chi connectivity index (χ0v) is 20.9. The van der Waals surface area contributed by atoms with E-state index < -0.39 is 29.1 Å². The van der Waals surface area contributed by atoms with E-state index in [-0.39, 0.29) is 40.3 Å². The summed E-state index contributed by atoms with van der Waals surface area (Å²) in [6.07, 6.45) is -12.1. The fourth-order valence-corrected chi connectivity index (χ4v) is 4.19. The van der Waals surface area contributed by atoms with Gasteiger partial charge in [0.1, 0.15) is 5.82 Å². The highest BCUT2D eigenvalue weighted by atomic mass is 35.5. The topological polar surface area (TPSA) is 73.6 Å². The number of aliphatic hydroxyl groups is 1. The Kier molecular flexibility index (Phi) is 7.30. The number of methoxy groups -OCH3 is 2. The zero-order chi connectivity index (χ0) is 28.8. The predicted molar refractivity (Wildman–Crippen MR) is 131 cm³/mol. The van der Waals surface area contributed by atoms with Crippen molar-refractivity contribution in [2.24, 2.45) is 0 Å². The number of aromatic nitrogens is 2. The Morgan fingerprint density at radius 2 is 1.41 bits per heavy atom. The molecule has 13 heteroatoms. The maximum Gasteiger partial charge on any atom is 0.430 e. The number of hydrogen-bond acceptors (Lipinski definition) is 5. The van der Waals surface area contributed by atoms with Gasteiger partial charge < -0.3 is 14.6 Å². The van der Waals surface area contributed by atoms with E-state index in [9.17, 15) is 36.2 Å². The average molecular weight is 573 g/mol. The highest BCUT2D eigenvalue weighted by molar-refractivity contribution is 6.30. The summed E-state index contributed by atoms with van der Waals surface area (Å²) < 4.78 is 91.7. The van der Waals surface area contributed by atoms with Gasteiger partial charge in [-0.3, -0.25) is 9.36 Å². The van der Waals surface area contributed by atoms with Gasteiger partial charge in [0, 0.05) is 23.1 Å². The van der Waals surface area contributed by atoms with Crippen LogP contribution in [0.4, 0.5) is 26.3 Å². The molecule has 0 saturated carbocycles. The van der Waals surface area contributed by atoms with Crippen molar-refractivity contribution in [3.63, 3.8) is 0 Å². The van der Waals surface area contributed by atoms with E-state index in [4.69, 9.17) is 21.1 Å². The standard InChI is InChI=1S/C26H19ClF6N2O4/c1-38-20-12-18-19(13-21(20)39-2)34-22(11-14-3-7-16(27)8-4-14)35(23(18)36)17-9-5-15(6-10-17)24(37,25(28,29)30)26(31,32)33/h3-10,12-13,37H,11H2,1-2H3. The molecule has 206 valence electrons. The molecular weight excluding hydrogens is 554 g/mol.